The predicted octanol–water partition coefficient (Wildman–Crippen LogP) is 2.80. The molecule has 54 heavy (non-hydrogen) atoms. The molecule has 0 saturated carbocycles. The van der Waals surface area contributed by atoms with Gasteiger partial charge in [0.2, 0.25) is 0 Å². The Bertz CT molecular complexity index is 1950. The Kier molecular flexibility index (Phi) is 17.6. The number of imidazole rings is 2. The molecule has 0 fully saturated rings. The molecule has 0 saturated heterocycles. The van der Waals surface area contributed by atoms with E-state index in [-0.39, 0.29) is 22.8 Å². The highest BCUT2D eigenvalue weighted by Crippen LogP contribution is 2.24. The number of aldehydes is 2. The summed E-state index contributed by atoms with van der Waals surface area (Å²) in [5.41, 5.74) is 25.0. The number of allylic oxidation sites excluding steroid dienone is 6. The summed E-state index contributed by atoms with van der Waals surface area (Å²) in [7, 11) is 3.35. The predicted molar refractivity (Wildman–Crippen MR) is 205 cm³/mol. The molecule has 4 aromatic rings. The van der Waals surface area contributed by atoms with E-state index >= 15 is 0 Å². The summed E-state index contributed by atoms with van der Waals surface area (Å²) in [5.74, 6) is 4.15. The van der Waals surface area contributed by atoms with E-state index in [0.29, 0.717) is 60.3 Å². The summed E-state index contributed by atoms with van der Waals surface area (Å²) < 4.78 is 17.4. The monoisotopic (exact) mass is 742 g/mol. The van der Waals surface area contributed by atoms with Crippen LogP contribution < -0.4 is 39.4 Å². The van der Waals surface area contributed by atoms with Crippen molar-refractivity contribution in [3.8, 4) is 0 Å². The molecule has 0 unspecified atom stereocenters. The first-order chi connectivity index (χ1) is 25.9. The van der Waals surface area contributed by atoms with Gasteiger partial charge in [0, 0.05) is 55.8 Å². The summed E-state index contributed by atoms with van der Waals surface area (Å²) in [4.78, 5) is 39.0. The highest BCUT2D eigenvalue weighted by molar-refractivity contribution is 6.01. The molecule has 0 radical (unpaired) electrons. The number of amidine groups is 1. The van der Waals surface area contributed by atoms with Gasteiger partial charge in [-0.15, -0.1) is 5.11 Å². The van der Waals surface area contributed by atoms with Gasteiger partial charge in [-0.3, -0.25) is 24.1 Å². The summed E-state index contributed by atoms with van der Waals surface area (Å²) in [6.07, 6.45) is 18.6. The van der Waals surface area contributed by atoms with Crippen molar-refractivity contribution < 1.29 is 23.9 Å². The lowest BCUT2D eigenvalue weighted by atomic mass is 9.99. The minimum atomic E-state index is -1.17. The van der Waals surface area contributed by atoms with Crippen molar-refractivity contribution in [2.75, 3.05) is 24.7 Å². The molecule has 18 nitrogen and oxygen atoms in total. The highest BCUT2D eigenvalue weighted by Gasteiger charge is 2.14. The van der Waals surface area contributed by atoms with E-state index in [2.05, 4.69) is 30.9 Å². The largest absolute Gasteiger partial charge is 0.478 e. The lowest BCUT2D eigenvalue weighted by molar-refractivity contribution is -0.105. The molecule has 2 heterocycles. The Morgan fingerprint density at radius 2 is 1.39 bits per heavy atom. The van der Waals surface area contributed by atoms with E-state index in [4.69, 9.17) is 39.3 Å². The average Bonchev–Trinajstić information content (AvgIpc) is 3.93. The minimum Gasteiger partial charge on any atom is -0.478 e. The Morgan fingerprint density at radius 1 is 0.852 bits per heavy atom. The number of rotatable bonds is 14. The molecule has 0 bridgehead atoms. The van der Waals surface area contributed by atoms with Crippen LogP contribution in [0.3, 0.4) is 0 Å². The fourth-order valence-corrected chi connectivity index (χ4v) is 4.39. The number of anilines is 2. The Morgan fingerprint density at radius 3 is 1.83 bits per heavy atom. The summed E-state index contributed by atoms with van der Waals surface area (Å²) in [6.45, 7) is 0. The second-order valence-corrected chi connectivity index (χ2v) is 10.8. The number of hydrogen-bond donors (Lipinski definition) is 9. The smallest absolute Gasteiger partial charge is 0.337 e. The van der Waals surface area contributed by atoms with Crippen LogP contribution in [0.25, 0.3) is 11.6 Å². The zero-order valence-corrected chi connectivity index (χ0v) is 29.6. The zero-order chi connectivity index (χ0) is 40.0. The maximum atomic E-state index is 14.2. The molecule has 284 valence electrons. The number of carbonyl (C=O) groups excluding carboxylic acids is 2. The number of nitrogens with one attached hydrogen (secondary N) is 3. The van der Waals surface area contributed by atoms with Crippen molar-refractivity contribution in [1.29, 1.82) is 5.41 Å². The van der Waals surface area contributed by atoms with Crippen LogP contribution in [-0.2, 0) is 22.4 Å². The first kappa shape index (κ1) is 42.6. The van der Waals surface area contributed by atoms with Crippen LogP contribution in [0.1, 0.15) is 33.5 Å². The molecule has 0 aliphatic carbocycles. The summed E-state index contributed by atoms with van der Waals surface area (Å²) >= 11 is 0. The lowest BCUT2D eigenvalue weighted by Gasteiger charge is -2.12. The van der Waals surface area contributed by atoms with Crippen molar-refractivity contribution in [1.82, 2.24) is 19.1 Å². The molecule has 0 atom stereocenters. The van der Waals surface area contributed by atoms with Crippen molar-refractivity contribution in [3.63, 3.8) is 0 Å². The first-order valence-corrected chi connectivity index (χ1v) is 15.9. The van der Waals surface area contributed by atoms with E-state index in [9.17, 15) is 18.8 Å². The van der Waals surface area contributed by atoms with Crippen molar-refractivity contribution >= 4 is 47.4 Å². The quantitative estimate of drug-likeness (QED) is 0.0131. The molecule has 2 aromatic heterocycles. The van der Waals surface area contributed by atoms with Crippen molar-refractivity contribution in [2.24, 2.45) is 39.1 Å². The number of aromatic carboxylic acids is 1. The number of carboxylic acid groups (broad SMARTS) is 1. The van der Waals surface area contributed by atoms with Crippen LogP contribution in [0.15, 0.2) is 114 Å². The number of nitrogens with two attached hydrogens (primary N) is 5. The van der Waals surface area contributed by atoms with Crippen LogP contribution in [0.5, 0.6) is 0 Å². The fourth-order valence-electron chi connectivity index (χ4n) is 4.39. The van der Waals surface area contributed by atoms with Gasteiger partial charge in [-0.2, -0.15) is 0 Å². The minimum absolute atomic E-state index is 0.0430. The molecular formula is C35H43FN14O4. The van der Waals surface area contributed by atoms with Gasteiger partial charge in [-0.25, -0.2) is 19.2 Å². The zero-order valence-electron chi connectivity index (χ0n) is 29.6. The maximum absolute atomic E-state index is 14.2. The summed E-state index contributed by atoms with van der Waals surface area (Å²) in [6, 6.07) is 8.13. The molecule has 19 heteroatoms. The van der Waals surface area contributed by atoms with Crippen LogP contribution in [0, 0.1) is 11.2 Å². The Balaban J connectivity index is 0.000000321. The van der Waals surface area contributed by atoms with Crippen LogP contribution in [0.4, 0.5) is 15.8 Å². The fraction of sp³-hybridized carbons (Fsp3) is 0.143. The van der Waals surface area contributed by atoms with Gasteiger partial charge in [-0.05, 0) is 79.0 Å². The van der Waals surface area contributed by atoms with Crippen LogP contribution >= 0.6 is 0 Å². The van der Waals surface area contributed by atoms with Gasteiger partial charge in [0.15, 0.2) is 18.4 Å². The second-order valence-electron chi connectivity index (χ2n) is 10.8. The Labute approximate surface area is 310 Å². The van der Waals surface area contributed by atoms with E-state index in [0.717, 1.165) is 17.3 Å². The number of hydrogen-bond acceptors (Lipinski definition) is 13. The SMILES string of the molecule is CNc1cc(CCCc2cc(NC)c(C(=O)O)cc2F)ccc1C(=N)N=NN.N/C(C=O)=C\C=C(/N)n1ccnc1.N/C(C=O)=C\C=C(/N)n1ccnc1. The van der Waals surface area contributed by atoms with Crippen LogP contribution in [-0.4, -0.2) is 62.7 Å². The number of aromatic nitrogens is 4. The number of benzene rings is 2. The maximum Gasteiger partial charge on any atom is 0.337 e. The van der Waals surface area contributed by atoms with E-state index in [1.165, 1.54) is 24.3 Å². The molecule has 0 spiro atoms. The lowest BCUT2D eigenvalue weighted by Crippen LogP contribution is -2.06. The van der Waals surface area contributed by atoms with Gasteiger partial charge >= 0.3 is 5.97 Å². The van der Waals surface area contributed by atoms with Gasteiger partial charge < -0.3 is 44.5 Å². The molecule has 4 rings (SSSR count). The van der Waals surface area contributed by atoms with Crippen molar-refractivity contribution in [3.05, 3.63) is 132 Å². The number of carboxylic acids is 1. The van der Waals surface area contributed by atoms with E-state index in [1.54, 1.807) is 72.8 Å². The van der Waals surface area contributed by atoms with Crippen LogP contribution in [0.2, 0.25) is 0 Å². The van der Waals surface area contributed by atoms with Gasteiger partial charge in [0.1, 0.15) is 30.1 Å². The van der Waals surface area contributed by atoms with Crippen molar-refractivity contribution in [2.45, 2.75) is 19.3 Å². The second kappa shape index (κ2) is 22.3. The van der Waals surface area contributed by atoms with E-state index in [1.807, 2.05) is 12.1 Å². The number of aryl methyl sites for hydroxylation is 2. The third-order valence-electron chi connectivity index (χ3n) is 7.13. The molecule has 0 aliphatic rings. The third-order valence-corrected chi connectivity index (χ3v) is 7.13. The first-order valence-electron chi connectivity index (χ1n) is 15.9. The standard InChI is InChI=1S/C19H23FN6O2.2C8H10N4O/c1-23-16-8-11(6-7-13(16)18(21)25-26-22)4-3-5-12-9-17(24-2)14(19(27)28)10-15(12)20;2*9-7(5-13)1-2-8(10)12-4-3-11-6-12/h6-10,23-24H,3-5H2,1-2H3,(H,27,28)(H3,21,22,25);2*1-6H,9-10H2/b;2*7-1-,8-2+. The number of nitrogens with zero attached hydrogens (tertiary/aromatic N) is 6. The molecule has 0 amide bonds. The average molecular weight is 743 g/mol. The third kappa shape index (κ3) is 13.6. The Hall–Kier alpha value is -7.57. The van der Waals surface area contributed by atoms with E-state index < -0.39 is 11.8 Å². The number of carbonyl (C=O) groups is 3. The summed E-state index contributed by atoms with van der Waals surface area (Å²) in [5, 5.41) is 29.4. The molecule has 0 aliphatic heterocycles. The van der Waals surface area contributed by atoms with Gasteiger partial charge in [0.05, 0.1) is 17.0 Å². The molecular weight excluding hydrogens is 699 g/mol. The molecule has 2 aromatic carbocycles. The normalized spacial score (nSPS) is 11.8. The number of halogens is 1. The topological polar surface area (TPSA) is 310 Å². The van der Waals surface area contributed by atoms with Gasteiger partial charge in [-0.1, -0.05) is 11.3 Å². The van der Waals surface area contributed by atoms with Gasteiger partial charge in [0.25, 0.3) is 0 Å². The molecule has 14 N–H and O–H groups in total. The highest BCUT2D eigenvalue weighted by atomic mass is 19.1.